The molecule has 1 aliphatic heterocycles. The van der Waals surface area contributed by atoms with Crippen LogP contribution in [0.15, 0.2) is 23.2 Å². The molecule has 5 nitrogen and oxygen atoms in total. The Bertz CT molecular complexity index is 545. The summed E-state index contributed by atoms with van der Waals surface area (Å²) < 4.78 is 24.6. The van der Waals surface area contributed by atoms with Crippen LogP contribution in [0.25, 0.3) is 0 Å². The Balaban J connectivity index is 1.56. The van der Waals surface area contributed by atoms with Crippen LogP contribution < -0.4 is 10.6 Å². The number of aryl methyl sites for hydroxylation is 1. The van der Waals surface area contributed by atoms with Gasteiger partial charge < -0.3 is 20.1 Å². The number of guanidine groups is 1. The van der Waals surface area contributed by atoms with E-state index in [9.17, 15) is 4.39 Å². The fraction of sp³-hybridized carbons (Fsp3) is 0.632. The molecule has 0 amide bonds. The zero-order valence-electron chi connectivity index (χ0n) is 15.3. The van der Waals surface area contributed by atoms with Crippen LogP contribution in [0.4, 0.5) is 4.39 Å². The Labute approximate surface area is 150 Å². The molecule has 0 saturated carbocycles. The van der Waals surface area contributed by atoms with Gasteiger partial charge in [-0.05, 0) is 49.3 Å². The third-order valence-corrected chi connectivity index (χ3v) is 4.37. The van der Waals surface area contributed by atoms with E-state index >= 15 is 0 Å². The highest BCUT2D eigenvalue weighted by molar-refractivity contribution is 5.79. The van der Waals surface area contributed by atoms with E-state index in [1.54, 1.807) is 26.1 Å². The van der Waals surface area contributed by atoms with Gasteiger partial charge in [-0.2, -0.15) is 0 Å². The first-order chi connectivity index (χ1) is 12.2. The monoisotopic (exact) mass is 351 g/mol. The lowest BCUT2D eigenvalue weighted by Crippen LogP contribution is -2.37. The summed E-state index contributed by atoms with van der Waals surface area (Å²) in [6.07, 6.45) is 3.13. The summed E-state index contributed by atoms with van der Waals surface area (Å²) in [5.41, 5.74) is 1.55. The Morgan fingerprint density at radius 1 is 1.32 bits per heavy atom. The summed E-state index contributed by atoms with van der Waals surface area (Å²) in [6, 6.07) is 5.26. The highest BCUT2D eigenvalue weighted by Crippen LogP contribution is 2.14. The maximum absolute atomic E-state index is 13.5. The van der Waals surface area contributed by atoms with Gasteiger partial charge in [0.25, 0.3) is 0 Å². The molecule has 0 radical (unpaired) electrons. The number of ether oxygens (including phenoxy) is 2. The maximum atomic E-state index is 13.5. The second-order valence-corrected chi connectivity index (χ2v) is 6.42. The lowest BCUT2D eigenvalue weighted by molar-refractivity contribution is 0.0203. The largest absolute Gasteiger partial charge is 0.381 e. The van der Waals surface area contributed by atoms with Crippen molar-refractivity contribution in [3.8, 4) is 0 Å². The third kappa shape index (κ3) is 7.40. The molecule has 2 rings (SSSR count). The first-order valence-electron chi connectivity index (χ1n) is 9.04. The summed E-state index contributed by atoms with van der Waals surface area (Å²) >= 11 is 0. The number of rotatable bonds is 8. The van der Waals surface area contributed by atoms with Crippen molar-refractivity contribution in [3.63, 3.8) is 0 Å². The molecule has 25 heavy (non-hydrogen) atoms. The van der Waals surface area contributed by atoms with Crippen molar-refractivity contribution in [2.45, 2.75) is 32.7 Å². The second-order valence-electron chi connectivity index (χ2n) is 6.42. The summed E-state index contributed by atoms with van der Waals surface area (Å²) in [6.45, 7) is 6.38. The predicted molar refractivity (Wildman–Crippen MR) is 98.3 cm³/mol. The highest BCUT2D eigenvalue weighted by Gasteiger charge is 2.13. The molecule has 140 valence electrons. The number of hydrogen-bond acceptors (Lipinski definition) is 3. The van der Waals surface area contributed by atoms with Gasteiger partial charge in [0, 0.05) is 46.6 Å². The molecule has 0 atom stereocenters. The average molecular weight is 351 g/mol. The van der Waals surface area contributed by atoms with Crippen molar-refractivity contribution in [3.05, 3.63) is 35.1 Å². The van der Waals surface area contributed by atoms with Gasteiger partial charge in [-0.25, -0.2) is 4.39 Å². The van der Waals surface area contributed by atoms with Crippen LogP contribution in [0.2, 0.25) is 0 Å². The van der Waals surface area contributed by atoms with Gasteiger partial charge in [0.2, 0.25) is 0 Å². The van der Waals surface area contributed by atoms with Crippen LogP contribution in [-0.2, 0) is 16.0 Å². The van der Waals surface area contributed by atoms with Crippen LogP contribution in [0.1, 0.15) is 30.4 Å². The van der Waals surface area contributed by atoms with Crippen molar-refractivity contribution >= 4 is 5.96 Å². The first-order valence-corrected chi connectivity index (χ1v) is 9.04. The molecule has 0 bridgehead atoms. The Hall–Kier alpha value is -1.66. The van der Waals surface area contributed by atoms with Gasteiger partial charge in [0.15, 0.2) is 5.96 Å². The number of nitrogens with one attached hydrogen (secondary N) is 2. The van der Waals surface area contributed by atoms with E-state index in [2.05, 4.69) is 15.6 Å². The summed E-state index contributed by atoms with van der Waals surface area (Å²) in [7, 11) is 1.73. The molecule has 1 aromatic rings. The molecule has 0 spiro atoms. The Morgan fingerprint density at radius 3 is 2.84 bits per heavy atom. The van der Waals surface area contributed by atoms with E-state index in [1.807, 2.05) is 6.07 Å². The molecule has 1 aliphatic rings. The lowest BCUT2D eigenvalue weighted by atomic mass is 10.0. The van der Waals surface area contributed by atoms with Gasteiger partial charge in [0.1, 0.15) is 5.82 Å². The predicted octanol–water partition coefficient (Wildman–Crippen LogP) is 2.63. The smallest absolute Gasteiger partial charge is 0.191 e. The van der Waals surface area contributed by atoms with Crippen LogP contribution in [0.3, 0.4) is 0 Å². The van der Waals surface area contributed by atoms with Crippen molar-refractivity contribution < 1.29 is 13.9 Å². The van der Waals surface area contributed by atoms with Crippen molar-refractivity contribution in [1.29, 1.82) is 0 Å². The summed E-state index contributed by atoms with van der Waals surface area (Å²) in [5.74, 6) is 1.18. The van der Waals surface area contributed by atoms with Crippen LogP contribution in [-0.4, -0.2) is 46.0 Å². The number of nitrogens with zero attached hydrogens (tertiary/aromatic N) is 1. The van der Waals surface area contributed by atoms with Crippen molar-refractivity contribution in [1.82, 2.24) is 10.6 Å². The molecule has 1 saturated heterocycles. The van der Waals surface area contributed by atoms with Crippen LogP contribution in [0, 0.1) is 18.7 Å². The quantitative estimate of drug-likeness (QED) is 0.429. The number of hydrogen-bond donors (Lipinski definition) is 2. The number of aliphatic imine (C=N–C) groups is 1. The van der Waals surface area contributed by atoms with Gasteiger partial charge in [-0.15, -0.1) is 0 Å². The summed E-state index contributed by atoms with van der Waals surface area (Å²) in [5, 5.41) is 6.44. The standard InChI is InChI=1S/C19H30FN3O2/c1-15-4-5-17(12-18(15)20)13-23-19(21-2)22-8-3-9-25-14-16-6-10-24-11-7-16/h4-5,12,16H,3,6-11,13-14H2,1-2H3,(H2,21,22,23). The average Bonchev–Trinajstić information content (AvgIpc) is 2.64. The molecule has 0 aromatic heterocycles. The van der Waals surface area contributed by atoms with Gasteiger partial charge in [-0.1, -0.05) is 12.1 Å². The number of benzene rings is 1. The van der Waals surface area contributed by atoms with E-state index in [0.717, 1.165) is 57.8 Å². The first kappa shape index (κ1) is 19.7. The second kappa shape index (κ2) is 11.1. The molecule has 0 unspecified atom stereocenters. The van der Waals surface area contributed by atoms with Gasteiger partial charge >= 0.3 is 0 Å². The molecular weight excluding hydrogens is 321 g/mol. The molecule has 6 heteroatoms. The van der Waals surface area contributed by atoms with Crippen molar-refractivity contribution in [2.75, 3.05) is 40.0 Å². The molecule has 1 fully saturated rings. The Kier molecular flexibility index (Phi) is 8.69. The fourth-order valence-corrected chi connectivity index (χ4v) is 2.70. The van der Waals surface area contributed by atoms with Crippen molar-refractivity contribution in [2.24, 2.45) is 10.9 Å². The van der Waals surface area contributed by atoms with E-state index < -0.39 is 0 Å². The zero-order chi connectivity index (χ0) is 17.9. The molecular formula is C19H30FN3O2. The normalized spacial score (nSPS) is 16.0. The fourth-order valence-electron chi connectivity index (χ4n) is 2.70. The van der Waals surface area contributed by atoms with Gasteiger partial charge in [0.05, 0.1) is 0 Å². The zero-order valence-corrected chi connectivity index (χ0v) is 15.3. The minimum Gasteiger partial charge on any atom is -0.381 e. The summed E-state index contributed by atoms with van der Waals surface area (Å²) in [4.78, 5) is 4.18. The van der Waals surface area contributed by atoms with Crippen LogP contribution in [0.5, 0.6) is 0 Å². The molecule has 1 heterocycles. The maximum Gasteiger partial charge on any atom is 0.191 e. The molecule has 1 aromatic carbocycles. The topological polar surface area (TPSA) is 54.9 Å². The third-order valence-electron chi connectivity index (χ3n) is 4.37. The Morgan fingerprint density at radius 2 is 2.12 bits per heavy atom. The van der Waals surface area contributed by atoms with Gasteiger partial charge in [-0.3, -0.25) is 4.99 Å². The number of halogens is 1. The van der Waals surface area contributed by atoms with E-state index in [1.165, 1.54) is 0 Å². The lowest BCUT2D eigenvalue weighted by Gasteiger charge is -2.21. The SMILES string of the molecule is CN=C(NCCCOCC1CCOCC1)NCc1ccc(C)c(F)c1. The molecule has 2 N–H and O–H groups in total. The van der Waals surface area contributed by atoms with Crippen LogP contribution >= 0.6 is 0 Å². The minimum absolute atomic E-state index is 0.177. The highest BCUT2D eigenvalue weighted by atomic mass is 19.1. The van der Waals surface area contributed by atoms with E-state index in [0.29, 0.717) is 24.0 Å². The van der Waals surface area contributed by atoms with E-state index in [4.69, 9.17) is 9.47 Å². The molecule has 0 aliphatic carbocycles. The minimum atomic E-state index is -0.177. The van der Waals surface area contributed by atoms with E-state index in [-0.39, 0.29) is 5.82 Å².